The minimum atomic E-state index is -0.541. The van der Waals surface area contributed by atoms with Gasteiger partial charge in [-0.25, -0.2) is 0 Å². The fourth-order valence-corrected chi connectivity index (χ4v) is 15.6. The maximum absolute atomic E-state index is 2.61. The van der Waals surface area contributed by atoms with Gasteiger partial charge in [-0.1, -0.05) is 227 Å². The number of hydrogen-bond donors (Lipinski definition) is 0. The zero-order valence-corrected chi connectivity index (χ0v) is 47.4. The average Bonchev–Trinajstić information content (AvgIpc) is 2.30. The van der Waals surface area contributed by atoms with Gasteiger partial charge in [0, 0.05) is 44.2 Å². The summed E-state index contributed by atoms with van der Waals surface area (Å²) in [5, 5.41) is 2.53. The highest BCUT2D eigenvalue weighted by atomic mass is 15.2. The van der Waals surface area contributed by atoms with Crippen LogP contribution in [0.15, 0.2) is 266 Å². The van der Waals surface area contributed by atoms with Crippen LogP contribution in [0.1, 0.15) is 97.9 Å². The molecule has 394 valence electrons. The van der Waals surface area contributed by atoms with Crippen molar-refractivity contribution in [2.75, 3.05) is 4.90 Å². The van der Waals surface area contributed by atoms with Crippen molar-refractivity contribution in [2.24, 2.45) is 0 Å². The van der Waals surface area contributed by atoms with Crippen LogP contribution in [0.3, 0.4) is 0 Å². The molecule has 0 amide bonds. The molecule has 0 N–H and O–H groups in total. The van der Waals surface area contributed by atoms with Crippen LogP contribution < -0.4 is 4.90 Å². The minimum Gasteiger partial charge on any atom is -0.314 e. The van der Waals surface area contributed by atoms with E-state index in [1.54, 1.807) is 0 Å². The lowest BCUT2D eigenvalue weighted by atomic mass is 9.66. The van der Waals surface area contributed by atoms with Gasteiger partial charge in [-0.3, -0.25) is 0 Å². The topological polar surface area (TPSA) is 8.17 Å². The fraction of sp³-hybridized carbons (Fsp3) is 0.150. The van der Waals surface area contributed by atoms with E-state index in [9.17, 15) is 0 Å². The Bertz CT molecular complexity index is 4560. The summed E-state index contributed by atoms with van der Waals surface area (Å²) in [6.07, 6.45) is 13.9. The third-order valence-electron chi connectivity index (χ3n) is 19.5. The van der Waals surface area contributed by atoms with Crippen LogP contribution >= 0.6 is 0 Å². The molecule has 2 nitrogen and oxygen atoms in total. The van der Waals surface area contributed by atoms with Crippen LogP contribution in [0.5, 0.6) is 0 Å². The predicted molar refractivity (Wildman–Crippen MR) is 344 cm³/mol. The molecule has 11 aromatic rings. The summed E-state index contributed by atoms with van der Waals surface area (Å²) in [4.78, 5) is 2.61. The van der Waals surface area contributed by atoms with Crippen molar-refractivity contribution in [3.05, 3.63) is 310 Å². The van der Waals surface area contributed by atoms with Gasteiger partial charge in [-0.2, -0.15) is 0 Å². The molecule has 2 heteroatoms. The van der Waals surface area contributed by atoms with Crippen LogP contribution in [0.2, 0.25) is 0 Å². The van der Waals surface area contributed by atoms with Crippen LogP contribution in [0.25, 0.3) is 77.6 Å². The molecule has 1 heterocycles. The molecule has 5 aliphatic rings. The first-order valence-electron chi connectivity index (χ1n) is 29.6. The maximum atomic E-state index is 2.61. The van der Waals surface area contributed by atoms with Gasteiger partial charge in [0.2, 0.25) is 0 Å². The Morgan fingerprint density at radius 1 is 0.451 bits per heavy atom. The Kier molecular flexibility index (Phi) is 10.8. The Morgan fingerprint density at radius 2 is 1.11 bits per heavy atom. The van der Waals surface area contributed by atoms with Crippen LogP contribution in [0, 0.1) is 6.92 Å². The van der Waals surface area contributed by atoms with E-state index in [4.69, 9.17) is 0 Å². The number of fused-ring (bicyclic) bond motifs is 11. The largest absolute Gasteiger partial charge is 0.314 e. The molecule has 1 unspecified atom stereocenters. The number of benzene rings is 10. The van der Waals surface area contributed by atoms with Crippen molar-refractivity contribution in [3.8, 4) is 50.2 Å². The monoisotopic (exact) mass is 1050 g/mol. The van der Waals surface area contributed by atoms with E-state index in [1.807, 2.05) is 0 Å². The number of aryl methyl sites for hydroxylation is 1. The lowest BCUT2D eigenvalue weighted by Gasteiger charge is -2.36. The lowest BCUT2D eigenvalue weighted by Crippen LogP contribution is -2.30. The standard InChI is InChI=1S/C80H64N2/c1-51-36-43-65-71(46-51)80(55-24-11-7-12-25-55,56-26-13-8-14-27-56)72-50-59(82-73-33-19-16-28-62(73)63-29-17-20-34-74(63)82)48-66(76(65)72)54-39-44-60-61-45-42-58(49-70(61)79(4,5)69(60)47-54)81(57-40-37-53(38-41-57)52-22-9-6-10-23-52)75-35-21-32-68-77(75)64-30-15-18-31-67(64)78(68,2)3/h6-7,9-13,15-41,43-44,46-50H,8,14,42,45H2,1-5H3. The van der Waals surface area contributed by atoms with E-state index in [1.165, 1.54) is 150 Å². The number of anilines is 2. The predicted octanol–water partition coefficient (Wildman–Crippen LogP) is 20.9. The molecular formula is C80H64N2. The normalized spacial score (nSPS) is 17.7. The summed E-state index contributed by atoms with van der Waals surface area (Å²) in [5.74, 6) is 0. The first-order valence-corrected chi connectivity index (χ1v) is 29.6. The highest BCUT2D eigenvalue weighted by Gasteiger charge is 2.49. The number of rotatable bonds is 8. The van der Waals surface area contributed by atoms with Crippen molar-refractivity contribution >= 4 is 38.8 Å². The molecule has 10 aromatic carbocycles. The van der Waals surface area contributed by atoms with E-state index in [0.717, 1.165) is 25.7 Å². The summed E-state index contributed by atoms with van der Waals surface area (Å²) in [6.45, 7) is 12.0. The second-order valence-electron chi connectivity index (χ2n) is 24.6. The summed E-state index contributed by atoms with van der Waals surface area (Å²) >= 11 is 0. The van der Waals surface area contributed by atoms with E-state index in [2.05, 4.69) is 293 Å². The summed E-state index contributed by atoms with van der Waals surface area (Å²) in [6, 6.07) is 85.4. The van der Waals surface area contributed by atoms with E-state index in [-0.39, 0.29) is 10.8 Å². The van der Waals surface area contributed by atoms with Crippen LogP contribution in [-0.2, 0) is 16.2 Å². The summed E-state index contributed by atoms with van der Waals surface area (Å²) in [7, 11) is 0. The highest BCUT2D eigenvalue weighted by molar-refractivity contribution is 6.10. The lowest BCUT2D eigenvalue weighted by molar-refractivity contribution is 0.649. The van der Waals surface area contributed by atoms with Crippen LogP contribution in [-0.4, -0.2) is 4.57 Å². The second kappa shape index (κ2) is 18.1. The Hall–Kier alpha value is -9.24. The quantitative estimate of drug-likeness (QED) is 0.147. The molecule has 0 bridgehead atoms. The molecule has 0 aliphatic heterocycles. The Balaban J connectivity index is 0.896. The van der Waals surface area contributed by atoms with Crippen LogP contribution in [0.4, 0.5) is 11.4 Å². The summed E-state index contributed by atoms with van der Waals surface area (Å²) < 4.78 is 2.54. The number of hydrogen-bond acceptors (Lipinski definition) is 1. The molecule has 16 rings (SSSR count). The van der Waals surface area contributed by atoms with Gasteiger partial charge >= 0.3 is 0 Å². The van der Waals surface area contributed by atoms with Gasteiger partial charge in [-0.05, 0) is 182 Å². The van der Waals surface area contributed by atoms with E-state index < -0.39 is 5.41 Å². The molecule has 0 fully saturated rings. The fourth-order valence-electron chi connectivity index (χ4n) is 15.6. The molecule has 0 spiro atoms. The SMILES string of the molecule is Cc1ccc2c(c1)C(C1=CCCC=C1)(c1ccccc1)c1cc(-n3c4ccccc4c4ccccc43)cc(-c3ccc4c(c3)C(C)(C)C3=C4CCC(N(c4ccc(-c5ccccc5)cc4)c4cccc5c4-c4ccccc4C5(C)C)=C3)c1-2. The zero-order valence-electron chi connectivity index (χ0n) is 47.4. The van der Waals surface area contributed by atoms with Gasteiger partial charge in [0.1, 0.15) is 0 Å². The van der Waals surface area contributed by atoms with Crippen molar-refractivity contribution in [1.82, 2.24) is 4.57 Å². The van der Waals surface area contributed by atoms with Crippen molar-refractivity contribution < 1.29 is 0 Å². The third kappa shape index (κ3) is 6.94. The highest BCUT2D eigenvalue weighted by Crippen LogP contribution is 2.62. The molecule has 82 heavy (non-hydrogen) atoms. The maximum Gasteiger partial charge on any atom is 0.0711 e. The molecule has 0 saturated carbocycles. The number of para-hydroxylation sites is 2. The van der Waals surface area contributed by atoms with Crippen molar-refractivity contribution in [3.63, 3.8) is 0 Å². The van der Waals surface area contributed by atoms with E-state index >= 15 is 0 Å². The number of allylic oxidation sites excluding steroid dienone is 8. The molecule has 0 radical (unpaired) electrons. The Labute approximate surface area is 482 Å². The smallest absolute Gasteiger partial charge is 0.0711 e. The Morgan fingerprint density at radius 3 is 1.87 bits per heavy atom. The van der Waals surface area contributed by atoms with Gasteiger partial charge in [0.25, 0.3) is 0 Å². The summed E-state index contributed by atoms with van der Waals surface area (Å²) in [5.41, 5.74) is 31.8. The first kappa shape index (κ1) is 48.6. The average molecular weight is 1050 g/mol. The van der Waals surface area contributed by atoms with Crippen molar-refractivity contribution in [1.29, 1.82) is 0 Å². The first-order chi connectivity index (χ1) is 40.1. The minimum absolute atomic E-state index is 0.119. The van der Waals surface area contributed by atoms with Gasteiger partial charge in [0.15, 0.2) is 0 Å². The number of aromatic nitrogens is 1. The van der Waals surface area contributed by atoms with Gasteiger partial charge in [-0.15, -0.1) is 0 Å². The molecule has 0 saturated heterocycles. The molecule has 1 aromatic heterocycles. The number of nitrogens with zero attached hydrogens (tertiary/aromatic N) is 2. The van der Waals surface area contributed by atoms with Gasteiger partial charge in [0.05, 0.1) is 22.1 Å². The molecule has 5 aliphatic carbocycles. The second-order valence-corrected chi connectivity index (χ2v) is 24.6. The molecular weight excluding hydrogens is 989 g/mol. The van der Waals surface area contributed by atoms with Gasteiger partial charge < -0.3 is 9.47 Å². The van der Waals surface area contributed by atoms with E-state index in [0.29, 0.717) is 0 Å². The van der Waals surface area contributed by atoms with Crippen molar-refractivity contribution in [2.45, 2.75) is 76.5 Å². The third-order valence-corrected chi connectivity index (χ3v) is 19.5. The zero-order chi connectivity index (χ0) is 55.1. The molecule has 1 atom stereocenters.